The fourth-order valence-corrected chi connectivity index (χ4v) is 2.99. The summed E-state index contributed by atoms with van der Waals surface area (Å²) in [4.78, 5) is 15.1. The van der Waals surface area contributed by atoms with E-state index in [0.29, 0.717) is 6.61 Å². The van der Waals surface area contributed by atoms with Crippen molar-refractivity contribution in [3.63, 3.8) is 0 Å². The van der Waals surface area contributed by atoms with Crippen LogP contribution in [0, 0.1) is 0 Å². The van der Waals surface area contributed by atoms with Crippen molar-refractivity contribution in [3.05, 3.63) is 71.8 Å². The maximum Gasteiger partial charge on any atom is 0.317 e. The van der Waals surface area contributed by atoms with Crippen molar-refractivity contribution in [1.82, 2.24) is 4.90 Å². The molecule has 0 aliphatic rings. The van der Waals surface area contributed by atoms with E-state index >= 15 is 0 Å². The fraction of sp³-hybridized carbons (Fsp3) is 0.381. The summed E-state index contributed by atoms with van der Waals surface area (Å²) in [5, 5.41) is 0. The van der Waals surface area contributed by atoms with Gasteiger partial charge in [0, 0.05) is 6.04 Å². The second-order valence-electron chi connectivity index (χ2n) is 5.95. The first kappa shape index (κ1) is 18.2. The molecule has 2 aromatic carbocycles. The Morgan fingerprint density at radius 2 is 1.38 bits per heavy atom. The molecule has 0 saturated heterocycles. The van der Waals surface area contributed by atoms with E-state index in [1.807, 2.05) is 60.7 Å². The van der Waals surface area contributed by atoms with Crippen molar-refractivity contribution < 1.29 is 9.53 Å². The van der Waals surface area contributed by atoms with Crippen LogP contribution in [-0.4, -0.2) is 36.6 Å². The number of benzene rings is 2. The standard InChI is InChI=1S/C21H27NO2/c1-4-22(5-2)17(3)16-24-21(23)20(18-12-8-6-9-13-18)19-14-10-7-11-15-19/h6-15,17,20H,4-5,16H2,1-3H3/t17-/m1/s1. The minimum atomic E-state index is -0.378. The van der Waals surface area contributed by atoms with E-state index in [1.165, 1.54) is 0 Å². The largest absolute Gasteiger partial charge is 0.463 e. The number of nitrogens with zero attached hydrogens (tertiary/aromatic N) is 1. The number of ether oxygens (including phenoxy) is 1. The van der Waals surface area contributed by atoms with Crippen molar-refractivity contribution in [2.45, 2.75) is 32.7 Å². The van der Waals surface area contributed by atoms with Gasteiger partial charge in [0.05, 0.1) is 0 Å². The highest BCUT2D eigenvalue weighted by Crippen LogP contribution is 2.26. The van der Waals surface area contributed by atoms with E-state index < -0.39 is 0 Å². The Balaban J connectivity index is 2.14. The molecule has 3 nitrogen and oxygen atoms in total. The van der Waals surface area contributed by atoms with E-state index in [9.17, 15) is 4.79 Å². The van der Waals surface area contributed by atoms with Crippen LogP contribution in [0.25, 0.3) is 0 Å². The summed E-state index contributed by atoms with van der Waals surface area (Å²) in [5.41, 5.74) is 1.92. The number of carbonyl (C=O) groups is 1. The minimum absolute atomic E-state index is 0.189. The van der Waals surface area contributed by atoms with Gasteiger partial charge in [0.2, 0.25) is 0 Å². The summed E-state index contributed by atoms with van der Waals surface area (Å²) in [6.07, 6.45) is 0. The van der Waals surface area contributed by atoms with Crippen LogP contribution in [0.1, 0.15) is 37.8 Å². The van der Waals surface area contributed by atoms with Crippen LogP contribution in [0.4, 0.5) is 0 Å². The second-order valence-corrected chi connectivity index (χ2v) is 5.95. The molecule has 0 saturated carbocycles. The molecule has 0 aliphatic carbocycles. The van der Waals surface area contributed by atoms with E-state index in [4.69, 9.17) is 4.74 Å². The lowest BCUT2D eigenvalue weighted by Gasteiger charge is -2.26. The molecule has 0 N–H and O–H groups in total. The number of hydrogen-bond acceptors (Lipinski definition) is 3. The Bertz CT molecular complexity index is 569. The topological polar surface area (TPSA) is 29.5 Å². The van der Waals surface area contributed by atoms with Gasteiger partial charge in [0.15, 0.2) is 0 Å². The molecule has 0 heterocycles. The minimum Gasteiger partial charge on any atom is -0.463 e. The first-order valence-electron chi connectivity index (χ1n) is 8.67. The highest BCUT2D eigenvalue weighted by Gasteiger charge is 2.25. The molecule has 1 atom stereocenters. The average Bonchev–Trinajstić information content (AvgIpc) is 2.63. The number of likely N-dealkylation sites (N-methyl/N-ethyl adjacent to an activating group) is 1. The van der Waals surface area contributed by atoms with Crippen LogP contribution in [0.2, 0.25) is 0 Å². The summed E-state index contributed by atoms with van der Waals surface area (Å²) >= 11 is 0. The number of hydrogen-bond donors (Lipinski definition) is 0. The predicted molar refractivity (Wildman–Crippen MR) is 98.1 cm³/mol. The normalized spacial score (nSPS) is 12.4. The lowest BCUT2D eigenvalue weighted by Crippen LogP contribution is -2.37. The van der Waals surface area contributed by atoms with Crippen LogP contribution in [-0.2, 0) is 9.53 Å². The molecule has 2 rings (SSSR count). The smallest absolute Gasteiger partial charge is 0.317 e. The SMILES string of the molecule is CCN(CC)[C@H](C)COC(=O)C(c1ccccc1)c1ccccc1. The molecule has 0 aliphatic heterocycles. The monoisotopic (exact) mass is 325 g/mol. The van der Waals surface area contributed by atoms with Gasteiger partial charge in [-0.25, -0.2) is 0 Å². The zero-order valence-corrected chi connectivity index (χ0v) is 14.8. The van der Waals surface area contributed by atoms with Gasteiger partial charge in [-0.15, -0.1) is 0 Å². The van der Waals surface area contributed by atoms with E-state index in [1.54, 1.807) is 0 Å². The van der Waals surface area contributed by atoms with Gasteiger partial charge in [0.1, 0.15) is 12.5 Å². The van der Waals surface area contributed by atoms with Gasteiger partial charge in [0.25, 0.3) is 0 Å². The van der Waals surface area contributed by atoms with E-state index in [2.05, 4.69) is 25.7 Å². The van der Waals surface area contributed by atoms with Gasteiger partial charge in [-0.1, -0.05) is 74.5 Å². The van der Waals surface area contributed by atoms with E-state index in [0.717, 1.165) is 24.2 Å². The van der Waals surface area contributed by atoms with Crippen LogP contribution < -0.4 is 0 Å². The summed E-state index contributed by atoms with van der Waals surface area (Å²) in [6, 6.07) is 19.9. The maximum absolute atomic E-state index is 12.8. The van der Waals surface area contributed by atoms with Gasteiger partial charge in [-0.05, 0) is 31.1 Å². The first-order chi connectivity index (χ1) is 11.7. The van der Waals surface area contributed by atoms with Gasteiger partial charge < -0.3 is 4.74 Å². The molecular formula is C21H27NO2. The lowest BCUT2D eigenvalue weighted by molar-refractivity contribution is -0.146. The summed E-state index contributed by atoms with van der Waals surface area (Å²) in [5.74, 6) is -0.567. The predicted octanol–water partition coefficient (Wildman–Crippen LogP) is 4.09. The zero-order chi connectivity index (χ0) is 17.4. The van der Waals surface area contributed by atoms with Gasteiger partial charge in [-0.3, -0.25) is 9.69 Å². The third kappa shape index (κ3) is 4.68. The van der Waals surface area contributed by atoms with Crippen LogP contribution in [0.5, 0.6) is 0 Å². The lowest BCUT2D eigenvalue weighted by atomic mass is 9.91. The summed E-state index contributed by atoms with van der Waals surface area (Å²) < 4.78 is 5.68. The van der Waals surface area contributed by atoms with Crippen molar-refractivity contribution in [2.75, 3.05) is 19.7 Å². The quantitative estimate of drug-likeness (QED) is 0.685. The van der Waals surface area contributed by atoms with Gasteiger partial charge in [-0.2, -0.15) is 0 Å². The Morgan fingerprint density at radius 1 is 0.917 bits per heavy atom. The molecule has 0 spiro atoms. The Kier molecular flexibility index (Phi) is 7.01. The molecule has 24 heavy (non-hydrogen) atoms. The summed E-state index contributed by atoms with van der Waals surface area (Å²) in [7, 11) is 0. The van der Waals surface area contributed by atoms with E-state index in [-0.39, 0.29) is 17.9 Å². The summed E-state index contributed by atoms with van der Waals surface area (Å²) in [6.45, 7) is 8.67. The first-order valence-corrected chi connectivity index (χ1v) is 8.67. The molecular weight excluding hydrogens is 298 g/mol. The molecule has 3 heteroatoms. The molecule has 128 valence electrons. The number of rotatable bonds is 8. The Hall–Kier alpha value is -2.13. The zero-order valence-electron chi connectivity index (χ0n) is 14.8. The van der Waals surface area contributed by atoms with Crippen LogP contribution in [0.3, 0.4) is 0 Å². The molecule has 0 aromatic heterocycles. The van der Waals surface area contributed by atoms with Gasteiger partial charge >= 0.3 is 5.97 Å². The highest BCUT2D eigenvalue weighted by atomic mass is 16.5. The Morgan fingerprint density at radius 3 is 1.79 bits per heavy atom. The van der Waals surface area contributed by atoms with Crippen LogP contribution >= 0.6 is 0 Å². The molecule has 2 aromatic rings. The fourth-order valence-electron chi connectivity index (χ4n) is 2.99. The van der Waals surface area contributed by atoms with Crippen LogP contribution in [0.15, 0.2) is 60.7 Å². The highest BCUT2D eigenvalue weighted by molar-refractivity contribution is 5.82. The second kappa shape index (κ2) is 9.24. The third-order valence-electron chi connectivity index (χ3n) is 4.40. The molecule has 0 radical (unpaired) electrons. The number of carbonyl (C=O) groups excluding carboxylic acids is 1. The average molecular weight is 325 g/mol. The van der Waals surface area contributed by atoms with Crippen molar-refractivity contribution in [2.24, 2.45) is 0 Å². The van der Waals surface area contributed by atoms with Crippen molar-refractivity contribution in [1.29, 1.82) is 0 Å². The van der Waals surface area contributed by atoms with Crippen molar-refractivity contribution in [3.8, 4) is 0 Å². The maximum atomic E-state index is 12.8. The molecule has 0 bridgehead atoms. The Labute approximate surface area is 145 Å². The molecule has 0 amide bonds. The number of esters is 1. The third-order valence-corrected chi connectivity index (χ3v) is 4.40. The molecule has 0 fully saturated rings. The van der Waals surface area contributed by atoms with Crippen molar-refractivity contribution >= 4 is 5.97 Å². The molecule has 0 unspecified atom stereocenters.